The van der Waals surface area contributed by atoms with Crippen molar-refractivity contribution < 1.29 is 27.9 Å². The number of fused-ring (bicyclic) bond motifs is 3. The van der Waals surface area contributed by atoms with Gasteiger partial charge in [0.25, 0.3) is 0 Å². The number of nitrogen functional groups attached to an aromatic ring is 1. The molecule has 0 saturated carbocycles. The Hall–Kier alpha value is -3.13. The molecule has 0 amide bonds. The van der Waals surface area contributed by atoms with Crippen LogP contribution in [0.2, 0.25) is 0 Å². The average molecular weight is 544 g/mol. The Morgan fingerprint density at radius 1 is 1.00 bits per heavy atom. The standard InChI is InChI=1S/C28H32F2N3O4P/c1-18-6-11-23-24(16-18)33-27(31)26-25(23)21(12-14-32-26)8-7-20-9-10-22(17-19(20)2)37-15-5-3-4-13-28(29,30)38(34,35)36/h6,9-12,14,16-17H,3-5,7-8,13,15H2,1-2H3,(H2,31,33)(H2,34,35,36). The van der Waals surface area contributed by atoms with Crippen LogP contribution in [0.5, 0.6) is 5.75 Å². The lowest BCUT2D eigenvalue weighted by Gasteiger charge is -2.17. The highest BCUT2D eigenvalue weighted by molar-refractivity contribution is 7.53. The van der Waals surface area contributed by atoms with E-state index in [0.717, 1.165) is 45.8 Å². The van der Waals surface area contributed by atoms with Crippen LogP contribution in [0.4, 0.5) is 14.6 Å². The molecule has 0 unspecified atom stereocenters. The molecule has 0 fully saturated rings. The third kappa shape index (κ3) is 6.29. The molecule has 0 saturated heterocycles. The summed E-state index contributed by atoms with van der Waals surface area (Å²) < 4.78 is 43.2. The summed E-state index contributed by atoms with van der Waals surface area (Å²) in [5.41, 5.74) is 8.38. The zero-order valence-electron chi connectivity index (χ0n) is 21.5. The number of halogens is 2. The fourth-order valence-corrected chi connectivity index (χ4v) is 5.04. The number of hydrogen-bond acceptors (Lipinski definition) is 5. The second-order valence-electron chi connectivity index (χ2n) is 9.67. The molecule has 4 rings (SSSR count). The highest BCUT2D eigenvalue weighted by atomic mass is 31.2. The van der Waals surface area contributed by atoms with E-state index in [1.165, 1.54) is 5.56 Å². The van der Waals surface area contributed by atoms with Gasteiger partial charge in [0.2, 0.25) is 0 Å². The smallest absolute Gasteiger partial charge is 0.394 e. The third-order valence-electron chi connectivity index (χ3n) is 6.74. The number of benzene rings is 2. The highest BCUT2D eigenvalue weighted by Crippen LogP contribution is 2.55. The number of rotatable bonds is 11. The van der Waals surface area contributed by atoms with Crippen LogP contribution in [-0.4, -0.2) is 32.0 Å². The van der Waals surface area contributed by atoms with E-state index in [2.05, 4.69) is 22.1 Å². The molecule has 0 aliphatic carbocycles. The van der Waals surface area contributed by atoms with Gasteiger partial charge in [-0.3, -0.25) is 9.55 Å². The van der Waals surface area contributed by atoms with E-state index < -0.39 is 19.7 Å². The second kappa shape index (κ2) is 11.3. The molecule has 2 aromatic heterocycles. The van der Waals surface area contributed by atoms with Crippen LogP contribution < -0.4 is 10.5 Å². The Morgan fingerprint density at radius 2 is 1.76 bits per heavy atom. The lowest BCUT2D eigenvalue weighted by molar-refractivity contribution is 0.0474. The van der Waals surface area contributed by atoms with Gasteiger partial charge in [0, 0.05) is 23.4 Å². The van der Waals surface area contributed by atoms with Crippen molar-refractivity contribution in [3.8, 4) is 5.75 Å². The molecular weight excluding hydrogens is 511 g/mol. The van der Waals surface area contributed by atoms with Crippen molar-refractivity contribution in [2.24, 2.45) is 0 Å². The maximum absolute atomic E-state index is 13.3. The molecule has 0 bridgehead atoms. The van der Waals surface area contributed by atoms with Gasteiger partial charge in [-0.25, -0.2) is 4.98 Å². The Labute approximate surface area is 220 Å². The van der Waals surface area contributed by atoms with E-state index in [0.29, 0.717) is 36.5 Å². The fourth-order valence-electron chi connectivity index (χ4n) is 4.59. The number of alkyl halides is 2. The van der Waals surface area contributed by atoms with Gasteiger partial charge < -0.3 is 20.3 Å². The Morgan fingerprint density at radius 3 is 2.50 bits per heavy atom. The number of pyridine rings is 2. The van der Waals surface area contributed by atoms with Gasteiger partial charge in [0.1, 0.15) is 11.3 Å². The van der Waals surface area contributed by atoms with Gasteiger partial charge in [-0.2, -0.15) is 8.78 Å². The van der Waals surface area contributed by atoms with Crippen LogP contribution in [-0.2, 0) is 17.4 Å². The first-order valence-electron chi connectivity index (χ1n) is 12.6. The molecule has 0 aliphatic heterocycles. The predicted octanol–water partition coefficient (Wildman–Crippen LogP) is 6.48. The van der Waals surface area contributed by atoms with Crippen molar-refractivity contribution in [3.63, 3.8) is 0 Å². The van der Waals surface area contributed by atoms with Gasteiger partial charge in [-0.05, 0) is 92.5 Å². The average Bonchev–Trinajstić information content (AvgIpc) is 2.85. The second-order valence-corrected chi connectivity index (χ2v) is 11.4. The number of unbranched alkanes of at least 4 members (excludes halogenated alkanes) is 2. The summed E-state index contributed by atoms with van der Waals surface area (Å²) in [6.45, 7) is 4.39. The Balaban J connectivity index is 1.37. The zero-order chi connectivity index (χ0) is 27.5. The number of hydrogen-bond donors (Lipinski definition) is 3. The van der Waals surface area contributed by atoms with Crippen LogP contribution in [0.25, 0.3) is 21.8 Å². The number of aryl methyl sites for hydroxylation is 4. The van der Waals surface area contributed by atoms with Crippen molar-refractivity contribution in [3.05, 3.63) is 70.9 Å². The molecule has 4 N–H and O–H groups in total. The van der Waals surface area contributed by atoms with Crippen molar-refractivity contribution in [1.82, 2.24) is 9.97 Å². The summed E-state index contributed by atoms with van der Waals surface area (Å²) in [7, 11) is -5.41. The molecule has 38 heavy (non-hydrogen) atoms. The first-order chi connectivity index (χ1) is 18.0. The lowest BCUT2D eigenvalue weighted by Crippen LogP contribution is -2.16. The van der Waals surface area contributed by atoms with E-state index >= 15 is 0 Å². The van der Waals surface area contributed by atoms with Gasteiger partial charge in [-0.1, -0.05) is 18.2 Å². The van der Waals surface area contributed by atoms with Gasteiger partial charge in [-0.15, -0.1) is 0 Å². The quantitative estimate of drug-likeness (QED) is 0.113. The molecule has 0 aliphatic rings. The molecule has 4 aromatic rings. The SMILES string of the molecule is Cc1ccc2c(c1)nc(N)c1nccc(CCc3ccc(OCCCCCC(F)(F)P(=O)(O)O)cc3C)c12. The Kier molecular flexibility index (Phi) is 8.31. The van der Waals surface area contributed by atoms with Crippen LogP contribution in [0, 0.1) is 13.8 Å². The van der Waals surface area contributed by atoms with Gasteiger partial charge >= 0.3 is 13.3 Å². The molecular formula is C28H32F2N3O4P. The maximum atomic E-state index is 13.3. The maximum Gasteiger partial charge on any atom is 0.394 e. The molecule has 2 aromatic carbocycles. The highest BCUT2D eigenvalue weighted by Gasteiger charge is 2.47. The third-order valence-corrected chi connectivity index (χ3v) is 7.81. The molecule has 0 radical (unpaired) electrons. The fraction of sp³-hybridized carbons (Fsp3) is 0.357. The van der Waals surface area contributed by atoms with Crippen LogP contribution in [0.3, 0.4) is 0 Å². The predicted molar refractivity (Wildman–Crippen MR) is 146 cm³/mol. The van der Waals surface area contributed by atoms with Crippen molar-refractivity contribution in [2.45, 2.75) is 58.0 Å². The molecule has 202 valence electrons. The minimum absolute atomic E-state index is 0.0136. The normalized spacial score (nSPS) is 12.4. The summed E-state index contributed by atoms with van der Waals surface area (Å²) in [4.78, 5) is 26.4. The molecule has 2 heterocycles. The van der Waals surface area contributed by atoms with Crippen molar-refractivity contribution in [2.75, 3.05) is 12.3 Å². The van der Waals surface area contributed by atoms with Gasteiger partial charge in [0.15, 0.2) is 5.82 Å². The van der Waals surface area contributed by atoms with Crippen LogP contribution in [0.1, 0.15) is 47.9 Å². The lowest BCUT2D eigenvalue weighted by atomic mass is 9.96. The number of aromatic nitrogens is 2. The Bertz CT molecular complexity index is 1510. The minimum Gasteiger partial charge on any atom is -0.494 e. The molecule has 10 heteroatoms. The summed E-state index contributed by atoms with van der Waals surface area (Å²) >= 11 is 0. The number of nitrogens with zero attached hydrogens (tertiary/aromatic N) is 2. The van der Waals surface area contributed by atoms with E-state index in [9.17, 15) is 13.3 Å². The number of ether oxygens (including phenoxy) is 1. The number of anilines is 1. The van der Waals surface area contributed by atoms with Crippen LogP contribution in [0.15, 0.2) is 48.7 Å². The first kappa shape index (κ1) is 27.9. The summed E-state index contributed by atoms with van der Waals surface area (Å²) in [5, 5.41) is 2.07. The van der Waals surface area contributed by atoms with Gasteiger partial charge in [0.05, 0.1) is 12.1 Å². The van der Waals surface area contributed by atoms with Crippen molar-refractivity contribution in [1.29, 1.82) is 0 Å². The van der Waals surface area contributed by atoms with E-state index in [1.54, 1.807) is 6.20 Å². The minimum atomic E-state index is -5.41. The first-order valence-corrected chi connectivity index (χ1v) is 14.2. The van der Waals surface area contributed by atoms with E-state index in [4.69, 9.17) is 20.3 Å². The summed E-state index contributed by atoms with van der Waals surface area (Å²) in [6, 6.07) is 14.1. The summed E-state index contributed by atoms with van der Waals surface area (Å²) in [6.07, 6.45) is 3.46. The molecule has 7 nitrogen and oxygen atoms in total. The zero-order valence-corrected chi connectivity index (χ0v) is 22.3. The van der Waals surface area contributed by atoms with E-state index in [-0.39, 0.29) is 6.42 Å². The van der Waals surface area contributed by atoms with Crippen molar-refractivity contribution >= 4 is 35.2 Å². The summed E-state index contributed by atoms with van der Waals surface area (Å²) in [5.74, 6) is 1.12. The number of nitrogens with two attached hydrogens (primary N) is 1. The topological polar surface area (TPSA) is 119 Å². The van der Waals surface area contributed by atoms with E-state index in [1.807, 2.05) is 44.2 Å². The monoisotopic (exact) mass is 543 g/mol. The molecule has 0 atom stereocenters. The molecule has 0 spiro atoms. The van der Waals surface area contributed by atoms with Crippen LogP contribution >= 0.6 is 7.60 Å². The largest absolute Gasteiger partial charge is 0.494 e.